The summed E-state index contributed by atoms with van der Waals surface area (Å²) in [5, 5.41) is 6.89. The summed E-state index contributed by atoms with van der Waals surface area (Å²) in [6.45, 7) is 0. The molecule has 2 rings (SSSR count). The maximum absolute atomic E-state index is 11.6. The molecule has 23 heavy (non-hydrogen) atoms. The topological polar surface area (TPSA) is 53.9 Å². The largest absolute Gasteiger partial charge is 0.437 e. The van der Waals surface area contributed by atoms with Gasteiger partial charge in [0.25, 0.3) is 0 Å². The molecule has 0 aliphatic rings. The number of hydrogen-bond acceptors (Lipinski definition) is 4. The molecule has 120 valence electrons. The van der Waals surface area contributed by atoms with Crippen LogP contribution in [0.15, 0.2) is 47.6 Å². The number of carbonyl (C=O) groups excluding carboxylic acids is 1. The van der Waals surface area contributed by atoms with Crippen LogP contribution >= 0.6 is 23.2 Å². The van der Waals surface area contributed by atoms with E-state index in [9.17, 15) is 4.79 Å². The first-order chi connectivity index (χ1) is 11.0. The second kappa shape index (κ2) is 7.85. The standard InChI is InChI=1S/C16H15Cl2N3O2/c1-21(2)13-6-3-11(4-7-13)10-19-23-16(22)20-12-5-8-14(17)15(18)9-12/h3-10H,1-2H3,(H,20,22). The number of benzene rings is 2. The number of carbonyl (C=O) groups is 1. The van der Waals surface area contributed by atoms with Gasteiger partial charge in [0, 0.05) is 25.5 Å². The van der Waals surface area contributed by atoms with Crippen LogP contribution < -0.4 is 10.2 Å². The van der Waals surface area contributed by atoms with Crippen molar-refractivity contribution in [3.63, 3.8) is 0 Å². The van der Waals surface area contributed by atoms with Crippen molar-refractivity contribution >= 4 is 46.9 Å². The minimum Gasteiger partial charge on any atom is -0.378 e. The average molecular weight is 352 g/mol. The third-order valence-corrected chi connectivity index (χ3v) is 3.65. The Hall–Kier alpha value is -2.24. The zero-order valence-electron chi connectivity index (χ0n) is 12.6. The van der Waals surface area contributed by atoms with Crippen LogP contribution in [0.25, 0.3) is 0 Å². The Labute approximate surface area is 144 Å². The first-order valence-corrected chi connectivity index (χ1v) is 7.45. The lowest BCUT2D eigenvalue weighted by Crippen LogP contribution is -2.10. The molecule has 0 bridgehead atoms. The Morgan fingerprint density at radius 1 is 1.13 bits per heavy atom. The first-order valence-electron chi connectivity index (χ1n) is 6.69. The maximum Gasteiger partial charge on any atom is 0.437 e. The van der Waals surface area contributed by atoms with Gasteiger partial charge in [-0.1, -0.05) is 40.5 Å². The summed E-state index contributed by atoms with van der Waals surface area (Å²) >= 11 is 11.7. The third kappa shape index (κ3) is 5.16. The van der Waals surface area contributed by atoms with Crippen molar-refractivity contribution in [3.8, 4) is 0 Å². The minimum atomic E-state index is -0.718. The Bertz CT molecular complexity index is 716. The summed E-state index contributed by atoms with van der Waals surface area (Å²) in [6.07, 6.45) is 0.734. The number of anilines is 2. The van der Waals surface area contributed by atoms with Crippen LogP contribution in [0.1, 0.15) is 5.56 Å². The van der Waals surface area contributed by atoms with E-state index in [4.69, 9.17) is 28.0 Å². The number of nitrogens with one attached hydrogen (secondary N) is 1. The molecule has 0 aliphatic heterocycles. The summed E-state index contributed by atoms with van der Waals surface area (Å²) in [5.74, 6) is 0. The molecule has 0 heterocycles. The molecule has 1 N–H and O–H groups in total. The van der Waals surface area contributed by atoms with E-state index in [0.29, 0.717) is 15.7 Å². The van der Waals surface area contributed by atoms with Crippen LogP contribution in [-0.2, 0) is 4.84 Å². The van der Waals surface area contributed by atoms with Crippen LogP contribution in [0.4, 0.5) is 16.2 Å². The molecule has 0 fully saturated rings. The summed E-state index contributed by atoms with van der Waals surface area (Å²) in [7, 11) is 3.92. The van der Waals surface area contributed by atoms with Gasteiger partial charge in [0.2, 0.25) is 0 Å². The Balaban J connectivity index is 1.89. The van der Waals surface area contributed by atoms with Crippen molar-refractivity contribution in [2.75, 3.05) is 24.3 Å². The van der Waals surface area contributed by atoms with Crippen molar-refractivity contribution < 1.29 is 9.63 Å². The highest BCUT2D eigenvalue weighted by atomic mass is 35.5. The lowest BCUT2D eigenvalue weighted by Gasteiger charge is -2.11. The Morgan fingerprint density at radius 2 is 1.83 bits per heavy atom. The van der Waals surface area contributed by atoms with Gasteiger partial charge < -0.3 is 4.90 Å². The van der Waals surface area contributed by atoms with E-state index in [1.54, 1.807) is 12.1 Å². The minimum absolute atomic E-state index is 0.342. The lowest BCUT2D eigenvalue weighted by molar-refractivity contribution is 0.167. The number of amides is 1. The molecule has 0 saturated carbocycles. The molecule has 0 atom stereocenters. The van der Waals surface area contributed by atoms with Crippen LogP contribution in [0.5, 0.6) is 0 Å². The van der Waals surface area contributed by atoms with Crippen molar-refractivity contribution in [2.24, 2.45) is 5.16 Å². The van der Waals surface area contributed by atoms with Gasteiger partial charge in [-0.3, -0.25) is 10.2 Å². The highest BCUT2D eigenvalue weighted by Crippen LogP contribution is 2.25. The molecule has 0 radical (unpaired) electrons. The van der Waals surface area contributed by atoms with E-state index in [1.165, 1.54) is 12.3 Å². The quantitative estimate of drug-likeness (QED) is 0.495. The fourth-order valence-corrected chi connectivity index (χ4v) is 2.01. The van der Waals surface area contributed by atoms with Gasteiger partial charge in [0.05, 0.1) is 16.3 Å². The van der Waals surface area contributed by atoms with E-state index in [-0.39, 0.29) is 0 Å². The summed E-state index contributed by atoms with van der Waals surface area (Å²) in [4.78, 5) is 18.3. The number of hydrogen-bond donors (Lipinski definition) is 1. The van der Waals surface area contributed by atoms with E-state index in [2.05, 4.69) is 10.5 Å². The molecule has 5 nitrogen and oxygen atoms in total. The molecular formula is C16H15Cl2N3O2. The van der Waals surface area contributed by atoms with Gasteiger partial charge >= 0.3 is 6.09 Å². The molecule has 0 aromatic heterocycles. The first kappa shape index (κ1) is 17.1. The van der Waals surface area contributed by atoms with Crippen molar-refractivity contribution in [1.82, 2.24) is 0 Å². The number of nitrogens with zero attached hydrogens (tertiary/aromatic N) is 2. The Kier molecular flexibility index (Phi) is 5.84. The van der Waals surface area contributed by atoms with Crippen LogP contribution in [-0.4, -0.2) is 26.4 Å². The van der Waals surface area contributed by atoms with Gasteiger partial charge in [-0.25, -0.2) is 4.79 Å². The summed E-state index contributed by atoms with van der Waals surface area (Å²) < 4.78 is 0. The number of oxime groups is 1. The highest BCUT2D eigenvalue weighted by molar-refractivity contribution is 6.42. The molecular weight excluding hydrogens is 337 g/mol. The van der Waals surface area contributed by atoms with Crippen molar-refractivity contribution in [1.29, 1.82) is 0 Å². The van der Waals surface area contributed by atoms with Crippen LogP contribution in [0.3, 0.4) is 0 Å². The predicted molar refractivity (Wildman–Crippen MR) is 94.9 cm³/mol. The average Bonchev–Trinajstić information content (AvgIpc) is 2.51. The van der Waals surface area contributed by atoms with E-state index >= 15 is 0 Å². The molecule has 0 spiro atoms. The monoisotopic (exact) mass is 351 g/mol. The fourth-order valence-electron chi connectivity index (χ4n) is 1.71. The van der Waals surface area contributed by atoms with Crippen LogP contribution in [0, 0.1) is 0 Å². The molecule has 2 aromatic carbocycles. The van der Waals surface area contributed by atoms with Gasteiger partial charge in [0.15, 0.2) is 0 Å². The van der Waals surface area contributed by atoms with E-state index < -0.39 is 6.09 Å². The van der Waals surface area contributed by atoms with Gasteiger partial charge in [0.1, 0.15) is 0 Å². The zero-order valence-corrected chi connectivity index (χ0v) is 14.1. The van der Waals surface area contributed by atoms with Gasteiger partial charge in [-0.2, -0.15) is 0 Å². The van der Waals surface area contributed by atoms with Crippen molar-refractivity contribution in [2.45, 2.75) is 0 Å². The zero-order chi connectivity index (χ0) is 16.8. The fraction of sp³-hybridized carbons (Fsp3) is 0.125. The van der Waals surface area contributed by atoms with Crippen molar-refractivity contribution in [3.05, 3.63) is 58.1 Å². The second-order valence-electron chi connectivity index (χ2n) is 4.85. The second-order valence-corrected chi connectivity index (χ2v) is 5.67. The molecule has 1 amide bonds. The normalized spacial score (nSPS) is 10.6. The lowest BCUT2D eigenvalue weighted by atomic mass is 10.2. The van der Waals surface area contributed by atoms with Gasteiger partial charge in [-0.15, -0.1) is 0 Å². The number of halogens is 2. The molecule has 7 heteroatoms. The molecule has 0 unspecified atom stereocenters. The molecule has 0 saturated heterocycles. The van der Waals surface area contributed by atoms with E-state index in [0.717, 1.165) is 11.3 Å². The SMILES string of the molecule is CN(C)c1ccc(C=NOC(=O)Nc2ccc(Cl)c(Cl)c2)cc1. The highest BCUT2D eigenvalue weighted by Gasteiger charge is 2.05. The summed E-state index contributed by atoms with van der Waals surface area (Å²) in [6, 6.07) is 12.3. The van der Waals surface area contributed by atoms with Gasteiger partial charge in [-0.05, 0) is 35.9 Å². The summed E-state index contributed by atoms with van der Waals surface area (Å²) in [5.41, 5.74) is 2.35. The Morgan fingerprint density at radius 3 is 2.43 bits per heavy atom. The maximum atomic E-state index is 11.6. The molecule has 2 aromatic rings. The predicted octanol–water partition coefficient (Wildman–Crippen LogP) is 4.64. The smallest absolute Gasteiger partial charge is 0.378 e. The number of rotatable bonds is 4. The van der Waals surface area contributed by atoms with Crippen LogP contribution in [0.2, 0.25) is 10.0 Å². The van der Waals surface area contributed by atoms with E-state index in [1.807, 2.05) is 43.3 Å². The third-order valence-electron chi connectivity index (χ3n) is 2.91. The molecule has 0 aliphatic carbocycles.